The van der Waals surface area contributed by atoms with Crippen LogP contribution < -0.4 is 11.1 Å². The Balaban J connectivity index is 1.80. The number of ether oxygens (including phenoxy) is 1. The van der Waals surface area contributed by atoms with E-state index in [9.17, 15) is 14.4 Å². The number of hydrogen-bond donors (Lipinski definition) is 2. The fourth-order valence-corrected chi connectivity index (χ4v) is 4.11. The Morgan fingerprint density at radius 2 is 2.00 bits per heavy atom. The van der Waals surface area contributed by atoms with Gasteiger partial charge in [-0.1, -0.05) is 26.2 Å². The Morgan fingerprint density at radius 1 is 1.31 bits per heavy atom. The summed E-state index contributed by atoms with van der Waals surface area (Å²) >= 11 is 1.20. The molecular formula is C19H28N2O4S. The summed E-state index contributed by atoms with van der Waals surface area (Å²) in [4.78, 5) is 35.9. The first-order chi connectivity index (χ1) is 12.4. The molecule has 1 saturated carbocycles. The molecule has 1 aliphatic carbocycles. The van der Waals surface area contributed by atoms with Gasteiger partial charge in [-0.25, -0.2) is 0 Å². The van der Waals surface area contributed by atoms with Gasteiger partial charge in [-0.3, -0.25) is 14.4 Å². The van der Waals surface area contributed by atoms with Crippen molar-refractivity contribution in [1.29, 1.82) is 0 Å². The second-order valence-electron chi connectivity index (χ2n) is 6.96. The number of thiophene rings is 1. The van der Waals surface area contributed by atoms with Gasteiger partial charge in [-0.2, -0.15) is 0 Å². The summed E-state index contributed by atoms with van der Waals surface area (Å²) in [7, 11) is 0. The number of amides is 2. The van der Waals surface area contributed by atoms with Crippen LogP contribution in [0.3, 0.4) is 0 Å². The first kappa shape index (κ1) is 20.4. The van der Waals surface area contributed by atoms with Crippen molar-refractivity contribution in [2.24, 2.45) is 17.6 Å². The molecule has 144 valence electrons. The molecule has 1 atom stereocenters. The first-order valence-electron chi connectivity index (χ1n) is 9.31. The topological polar surface area (TPSA) is 98.5 Å². The van der Waals surface area contributed by atoms with Gasteiger partial charge < -0.3 is 15.8 Å². The van der Waals surface area contributed by atoms with Crippen LogP contribution in [0.1, 0.15) is 69.2 Å². The van der Waals surface area contributed by atoms with E-state index in [0.717, 1.165) is 25.7 Å². The summed E-state index contributed by atoms with van der Waals surface area (Å²) in [6.45, 7) is 3.73. The molecule has 0 aliphatic heterocycles. The number of nitrogens with one attached hydrogen (secondary N) is 1. The Morgan fingerprint density at radius 3 is 2.62 bits per heavy atom. The molecule has 0 saturated heterocycles. The number of primary amides is 1. The van der Waals surface area contributed by atoms with Crippen molar-refractivity contribution >= 4 is 34.1 Å². The monoisotopic (exact) mass is 380 g/mol. The maximum absolute atomic E-state index is 12.3. The third kappa shape index (κ3) is 5.56. The Bertz CT molecular complexity index is 635. The molecule has 2 rings (SSSR count). The molecule has 1 heterocycles. The zero-order valence-electron chi connectivity index (χ0n) is 15.5. The van der Waals surface area contributed by atoms with Crippen LogP contribution in [0.4, 0.5) is 5.00 Å². The molecule has 0 spiro atoms. The number of carbonyl (C=O) groups is 3. The van der Waals surface area contributed by atoms with Crippen LogP contribution in [0.15, 0.2) is 11.4 Å². The van der Waals surface area contributed by atoms with Crippen molar-refractivity contribution in [3.05, 3.63) is 17.0 Å². The SMILES string of the molecule is CCCCC1CCC(C(=O)O[C@@H](C)C(=O)Nc2sccc2C(N)=O)CC1. The van der Waals surface area contributed by atoms with Crippen LogP contribution in [-0.4, -0.2) is 23.9 Å². The van der Waals surface area contributed by atoms with Crippen LogP contribution in [0.5, 0.6) is 0 Å². The molecule has 6 nitrogen and oxygen atoms in total. The minimum Gasteiger partial charge on any atom is -0.452 e. The lowest BCUT2D eigenvalue weighted by Crippen LogP contribution is -2.33. The van der Waals surface area contributed by atoms with E-state index in [4.69, 9.17) is 10.5 Å². The lowest BCUT2D eigenvalue weighted by atomic mass is 9.80. The summed E-state index contributed by atoms with van der Waals surface area (Å²) in [5.41, 5.74) is 5.52. The van der Waals surface area contributed by atoms with E-state index in [-0.39, 0.29) is 17.5 Å². The lowest BCUT2D eigenvalue weighted by molar-refractivity contribution is -0.158. The van der Waals surface area contributed by atoms with Crippen LogP contribution in [0.25, 0.3) is 0 Å². The third-order valence-corrected chi connectivity index (χ3v) is 5.81. The van der Waals surface area contributed by atoms with Crippen molar-refractivity contribution < 1.29 is 19.1 Å². The fourth-order valence-electron chi connectivity index (χ4n) is 3.32. The molecule has 26 heavy (non-hydrogen) atoms. The number of unbranched alkanes of at least 4 members (excludes halogenated alkanes) is 1. The molecule has 0 unspecified atom stereocenters. The molecule has 1 aromatic heterocycles. The summed E-state index contributed by atoms with van der Waals surface area (Å²) in [6, 6.07) is 1.55. The Labute approximate surface area is 158 Å². The Hall–Kier alpha value is -1.89. The average Bonchev–Trinajstić information content (AvgIpc) is 3.08. The molecule has 7 heteroatoms. The highest BCUT2D eigenvalue weighted by Crippen LogP contribution is 2.32. The zero-order valence-corrected chi connectivity index (χ0v) is 16.3. The van der Waals surface area contributed by atoms with Gasteiger partial charge in [0.15, 0.2) is 6.10 Å². The number of hydrogen-bond acceptors (Lipinski definition) is 5. The van der Waals surface area contributed by atoms with Gasteiger partial charge in [-0.05, 0) is 50.0 Å². The van der Waals surface area contributed by atoms with Crippen LogP contribution in [0, 0.1) is 11.8 Å². The smallest absolute Gasteiger partial charge is 0.309 e. The summed E-state index contributed by atoms with van der Waals surface area (Å²) in [5, 5.41) is 4.66. The second-order valence-corrected chi connectivity index (χ2v) is 7.87. The predicted molar refractivity (Wildman–Crippen MR) is 102 cm³/mol. The highest BCUT2D eigenvalue weighted by Gasteiger charge is 2.29. The Kier molecular flexibility index (Phi) is 7.63. The van der Waals surface area contributed by atoms with E-state index in [1.54, 1.807) is 11.4 Å². The molecule has 1 aliphatic rings. The van der Waals surface area contributed by atoms with Crippen molar-refractivity contribution in [3.63, 3.8) is 0 Å². The van der Waals surface area contributed by atoms with Gasteiger partial charge in [0.25, 0.3) is 11.8 Å². The van der Waals surface area contributed by atoms with Gasteiger partial charge >= 0.3 is 5.97 Å². The number of carbonyl (C=O) groups excluding carboxylic acids is 3. The molecule has 1 aromatic rings. The van der Waals surface area contributed by atoms with Gasteiger partial charge in [0.2, 0.25) is 0 Å². The van der Waals surface area contributed by atoms with E-state index in [0.29, 0.717) is 10.9 Å². The molecule has 0 radical (unpaired) electrons. The van der Waals surface area contributed by atoms with E-state index in [1.165, 1.54) is 37.5 Å². The fraction of sp³-hybridized carbons (Fsp3) is 0.632. The standard InChI is InChI=1S/C19H28N2O4S/c1-3-4-5-13-6-8-14(9-7-13)19(24)25-12(2)17(23)21-18-15(16(20)22)10-11-26-18/h10-14H,3-9H2,1-2H3,(H2,20,22)(H,21,23)/t12-,13?,14?/m0/s1. The number of rotatable bonds is 8. The van der Waals surface area contributed by atoms with Gasteiger partial charge in [-0.15, -0.1) is 11.3 Å². The van der Waals surface area contributed by atoms with E-state index >= 15 is 0 Å². The summed E-state index contributed by atoms with van der Waals surface area (Å²) in [6.07, 6.45) is 6.54. The van der Waals surface area contributed by atoms with Crippen molar-refractivity contribution in [2.45, 2.75) is 64.9 Å². The van der Waals surface area contributed by atoms with Crippen molar-refractivity contribution in [1.82, 2.24) is 0 Å². The highest BCUT2D eigenvalue weighted by molar-refractivity contribution is 7.14. The second kappa shape index (κ2) is 9.71. The minimum absolute atomic E-state index is 0.119. The molecule has 0 bridgehead atoms. The molecule has 3 N–H and O–H groups in total. The largest absolute Gasteiger partial charge is 0.452 e. The zero-order chi connectivity index (χ0) is 19.1. The van der Waals surface area contributed by atoms with E-state index in [1.807, 2.05) is 0 Å². The molecule has 0 aromatic carbocycles. The van der Waals surface area contributed by atoms with Gasteiger partial charge in [0.05, 0.1) is 11.5 Å². The summed E-state index contributed by atoms with van der Waals surface area (Å²) < 4.78 is 5.35. The molecule has 1 fully saturated rings. The molecule has 2 amide bonds. The van der Waals surface area contributed by atoms with Crippen LogP contribution in [0.2, 0.25) is 0 Å². The van der Waals surface area contributed by atoms with Crippen molar-refractivity contribution in [2.75, 3.05) is 5.32 Å². The average molecular weight is 381 g/mol. The summed E-state index contributed by atoms with van der Waals surface area (Å²) in [5.74, 6) is -0.773. The maximum atomic E-state index is 12.3. The molecular weight excluding hydrogens is 352 g/mol. The highest BCUT2D eigenvalue weighted by atomic mass is 32.1. The number of esters is 1. The quantitative estimate of drug-likeness (QED) is 0.672. The van der Waals surface area contributed by atoms with E-state index < -0.39 is 17.9 Å². The van der Waals surface area contributed by atoms with E-state index in [2.05, 4.69) is 12.2 Å². The first-order valence-corrected chi connectivity index (χ1v) is 10.2. The van der Waals surface area contributed by atoms with Gasteiger partial charge in [0.1, 0.15) is 5.00 Å². The maximum Gasteiger partial charge on any atom is 0.309 e. The third-order valence-electron chi connectivity index (χ3n) is 4.98. The van der Waals surface area contributed by atoms with Crippen LogP contribution >= 0.6 is 11.3 Å². The number of nitrogens with two attached hydrogens (primary N) is 1. The normalized spacial score (nSPS) is 21.0. The van der Waals surface area contributed by atoms with Gasteiger partial charge in [0, 0.05) is 0 Å². The van der Waals surface area contributed by atoms with Crippen molar-refractivity contribution in [3.8, 4) is 0 Å². The lowest BCUT2D eigenvalue weighted by Gasteiger charge is -2.27. The van der Waals surface area contributed by atoms with Crippen LogP contribution in [-0.2, 0) is 14.3 Å². The predicted octanol–water partition coefficient (Wildman–Crippen LogP) is 3.71. The minimum atomic E-state index is -0.914. The number of anilines is 1.